The predicted molar refractivity (Wildman–Crippen MR) is 44.3 cm³/mol. The number of carbonyl (C=O) groups excluding carboxylic acids is 1. The van der Waals surface area contributed by atoms with Crippen LogP contribution in [0.15, 0.2) is 18.2 Å². The molecule has 13 heavy (non-hydrogen) atoms. The molecule has 1 aromatic carbocycles. The van der Waals surface area contributed by atoms with Gasteiger partial charge in [-0.3, -0.25) is 0 Å². The zero-order valence-corrected chi connectivity index (χ0v) is 9.89. The molecule has 0 N–H and O–H groups in total. The van der Waals surface area contributed by atoms with E-state index in [1.807, 2.05) is 0 Å². The quantitative estimate of drug-likeness (QED) is 0.395. The minimum Gasteiger partial charge on any atom is -0.737 e. The van der Waals surface area contributed by atoms with Crippen molar-refractivity contribution in [2.75, 3.05) is 6.79 Å². The molecule has 3 nitrogen and oxygen atoms in total. The van der Waals surface area contributed by atoms with E-state index in [9.17, 15) is 4.79 Å². The third kappa shape index (κ3) is 2.14. The van der Waals surface area contributed by atoms with Gasteiger partial charge in [0.15, 0.2) is 11.5 Å². The molecular formula is C8H5NaO3S. The number of fused-ring (bicyclic) bond motifs is 1. The molecule has 1 aliphatic rings. The number of hydrogen-bond donors (Lipinski definition) is 0. The van der Waals surface area contributed by atoms with Crippen molar-refractivity contribution in [2.24, 2.45) is 0 Å². The fraction of sp³-hybridized carbons (Fsp3) is 0.125. The van der Waals surface area contributed by atoms with Crippen LogP contribution in [0.5, 0.6) is 11.5 Å². The van der Waals surface area contributed by atoms with Gasteiger partial charge in [-0.05, 0) is 23.8 Å². The average molecular weight is 204 g/mol. The smallest absolute Gasteiger partial charge is 0.737 e. The van der Waals surface area contributed by atoms with Crippen LogP contribution in [0.25, 0.3) is 0 Å². The monoisotopic (exact) mass is 204 g/mol. The molecule has 0 unspecified atom stereocenters. The van der Waals surface area contributed by atoms with Crippen molar-refractivity contribution in [2.45, 2.75) is 0 Å². The first-order chi connectivity index (χ1) is 5.77. The average Bonchev–Trinajstić information content (AvgIpc) is 2.49. The number of carbonyl (C=O) groups is 1. The van der Waals surface area contributed by atoms with Crippen molar-refractivity contribution in [3.63, 3.8) is 0 Å². The fourth-order valence-electron chi connectivity index (χ4n) is 1.02. The van der Waals surface area contributed by atoms with Crippen LogP contribution in [0.1, 0.15) is 10.4 Å². The van der Waals surface area contributed by atoms with Gasteiger partial charge in [-0.1, -0.05) is 0 Å². The Morgan fingerprint density at radius 2 is 2.00 bits per heavy atom. The molecule has 0 saturated heterocycles. The molecule has 0 fully saturated rings. The van der Waals surface area contributed by atoms with Gasteiger partial charge in [0.1, 0.15) is 0 Å². The van der Waals surface area contributed by atoms with Crippen LogP contribution in [0, 0.1) is 0 Å². The van der Waals surface area contributed by atoms with Crippen LogP contribution in [0.2, 0.25) is 0 Å². The molecule has 0 amide bonds. The van der Waals surface area contributed by atoms with E-state index in [1.165, 1.54) is 0 Å². The van der Waals surface area contributed by atoms with E-state index in [1.54, 1.807) is 18.2 Å². The van der Waals surface area contributed by atoms with Crippen LogP contribution in [-0.2, 0) is 12.6 Å². The topological polar surface area (TPSA) is 35.5 Å². The second-order valence-electron chi connectivity index (χ2n) is 2.36. The predicted octanol–water partition coefficient (Wildman–Crippen LogP) is -1.89. The number of hydrogen-bond acceptors (Lipinski definition) is 4. The Bertz CT molecular complexity index is 340. The zero-order chi connectivity index (χ0) is 8.55. The minimum atomic E-state index is -0.381. The van der Waals surface area contributed by atoms with Crippen LogP contribution < -0.4 is 39.0 Å². The molecule has 0 spiro atoms. The summed E-state index contributed by atoms with van der Waals surface area (Å²) in [5.74, 6) is 1.25. The van der Waals surface area contributed by atoms with Crippen molar-refractivity contribution in [3.8, 4) is 11.5 Å². The van der Waals surface area contributed by atoms with Gasteiger partial charge >= 0.3 is 29.6 Å². The standard InChI is InChI=1S/C8H6O3S.Na/c9-8(12)5-1-2-6-7(3-5)11-4-10-6;/h1-3H,4H2,(H,9,12);/q;+1/p-1. The molecule has 2 rings (SSSR count). The van der Waals surface area contributed by atoms with Crippen LogP contribution in [0.3, 0.4) is 0 Å². The van der Waals surface area contributed by atoms with E-state index in [2.05, 4.69) is 12.6 Å². The van der Waals surface area contributed by atoms with E-state index in [4.69, 9.17) is 9.47 Å². The van der Waals surface area contributed by atoms with Gasteiger partial charge in [0.2, 0.25) is 6.79 Å². The Hall–Kier alpha value is -0.290. The van der Waals surface area contributed by atoms with E-state index in [0.717, 1.165) is 0 Å². The molecule has 1 aromatic rings. The van der Waals surface area contributed by atoms with Crippen molar-refractivity contribution in [3.05, 3.63) is 23.8 Å². The summed E-state index contributed by atoms with van der Waals surface area (Å²) in [7, 11) is 0. The first-order valence-corrected chi connectivity index (χ1v) is 3.79. The van der Waals surface area contributed by atoms with Crippen LogP contribution in [-0.4, -0.2) is 11.9 Å². The fourth-order valence-corrected chi connectivity index (χ4v) is 1.15. The number of benzene rings is 1. The maximum atomic E-state index is 10.8. The second-order valence-corrected chi connectivity index (χ2v) is 2.73. The first kappa shape index (κ1) is 10.8. The Kier molecular flexibility index (Phi) is 3.55. The van der Waals surface area contributed by atoms with E-state index < -0.39 is 0 Å². The summed E-state index contributed by atoms with van der Waals surface area (Å²) in [5.41, 5.74) is 0.467. The summed E-state index contributed by atoms with van der Waals surface area (Å²) in [6.07, 6.45) is 0. The van der Waals surface area contributed by atoms with Crippen molar-refractivity contribution in [1.82, 2.24) is 0 Å². The summed E-state index contributed by atoms with van der Waals surface area (Å²) < 4.78 is 10.1. The number of rotatable bonds is 1. The minimum absolute atomic E-state index is 0. The molecule has 62 valence electrons. The SMILES string of the molecule is O=C([S-])c1ccc2c(c1)OCO2.[Na+]. The normalized spacial score (nSPS) is 12.0. The first-order valence-electron chi connectivity index (χ1n) is 3.38. The Labute approximate surface area is 103 Å². The van der Waals surface area contributed by atoms with Crippen LogP contribution >= 0.6 is 0 Å². The maximum absolute atomic E-state index is 10.8. The van der Waals surface area contributed by atoms with E-state index in [-0.39, 0.29) is 41.5 Å². The Morgan fingerprint density at radius 1 is 1.31 bits per heavy atom. The summed E-state index contributed by atoms with van der Waals surface area (Å²) in [4.78, 5) is 10.8. The summed E-state index contributed by atoms with van der Waals surface area (Å²) in [6, 6.07) is 4.91. The molecule has 0 atom stereocenters. The third-order valence-electron chi connectivity index (χ3n) is 1.61. The summed E-state index contributed by atoms with van der Waals surface area (Å²) in [6.45, 7) is 0.213. The largest absolute Gasteiger partial charge is 1.00 e. The van der Waals surface area contributed by atoms with Gasteiger partial charge in [-0.2, -0.15) is 0 Å². The molecular weight excluding hydrogens is 199 g/mol. The van der Waals surface area contributed by atoms with Gasteiger partial charge in [0, 0.05) is 5.12 Å². The Balaban J connectivity index is 0.000000845. The van der Waals surface area contributed by atoms with E-state index in [0.29, 0.717) is 17.1 Å². The summed E-state index contributed by atoms with van der Waals surface area (Å²) >= 11 is 4.48. The molecule has 0 aliphatic carbocycles. The van der Waals surface area contributed by atoms with E-state index >= 15 is 0 Å². The molecule has 0 bridgehead atoms. The van der Waals surface area contributed by atoms with Gasteiger partial charge in [0.25, 0.3) is 0 Å². The molecule has 0 saturated carbocycles. The van der Waals surface area contributed by atoms with Crippen molar-refractivity contribution >= 4 is 17.7 Å². The molecule has 5 heteroatoms. The van der Waals surface area contributed by atoms with Gasteiger partial charge in [-0.15, -0.1) is 0 Å². The molecule has 0 aromatic heterocycles. The van der Waals surface area contributed by atoms with Crippen molar-refractivity contribution < 1.29 is 43.8 Å². The van der Waals surface area contributed by atoms with Crippen LogP contribution in [0.4, 0.5) is 0 Å². The van der Waals surface area contributed by atoms with Crippen molar-refractivity contribution in [1.29, 1.82) is 0 Å². The van der Waals surface area contributed by atoms with Gasteiger partial charge in [0.05, 0.1) is 0 Å². The molecule has 0 radical (unpaired) electrons. The zero-order valence-electron chi connectivity index (χ0n) is 7.07. The van der Waals surface area contributed by atoms with Gasteiger partial charge < -0.3 is 26.9 Å². The molecule has 1 heterocycles. The molecule has 1 aliphatic heterocycles. The number of ether oxygens (including phenoxy) is 2. The second kappa shape index (κ2) is 4.28. The van der Waals surface area contributed by atoms with Gasteiger partial charge in [-0.25, -0.2) is 0 Å². The summed E-state index contributed by atoms with van der Waals surface area (Å²) in [5, 5.41) is -0.381. The third-order valence-corrected chi connectivity index (χ3v) is 1.84. The Morgan fingerprint density at radius 3 is 2.69 bits per heavy atom. The maximum Gasteiger partial charge on any atom is 1.00 e.